The van der Waals surface area contributed by atoms with Gasteiger partial charge in [0.15, 0.2) is 0 Å². The fourth-order valence-electron chi connectivity index (χ4n) is 5.64. The molecule has 4 aromatic carbocycles. The van der Waals surface area contributed by atoms with E-state index in [-0.39, 0.29) is 38.8 Å². The molecule has 0 N–H and O–H groups in total. The fourth-order valence-corrected chi connectivity index (χ4v) is 13.9. The van der Waals surface area contributed by atoms with Crippen molar-refractivity contribution >= 4 is 40.1 Å². The normalized spacial score (nSPS) is 17.7. The molecule has 1 aliphatic carbocycles. The van der Waals surface area contributed by atoms with Gasteiger partial charge in [-0.05, 0) is 89.1 Å². The molecular formula is C33H36N2O8S4. The monoisotopic (exact) mass is 716 g/mol. The second-order valence-corrected chi connectivity index (χ2v) is 19.5. The van der Waals surface area contributed by atoms with Crippen molar-refractivity contribution in [3.8, 4) is 0 Å². The molecule has 0 aromatic heterocycles. The number of sulfonamides is 4. The Balaban J connectivity index is 1.77. The van der Waals surface area contributed by atoms with E-state index in [0.29, 0.717) is 7.42 Å². The topological polar surface area (TPSA) is 143 Å². The van der Waals surface area contributed by atoms with Crippen LogP contribution in [0.15, 0.2) is 117 Å². The minimum absolute atomic E-state index is 0.121. The van der Waals surface area contributed by atoms with Crippen molar-refractivity contribution in [1.29, 1.82) is 0 Å². The molecule has 2 unspecified atom stereocenters. The maximum atomic E-state index is 14.4. The molecule has 47 heavy (non-hydrogen) atoms. The van der Waals surface area contributed by atoms with Crippen molar-refractivity contribution in [2.75, 3.05) is 0 Å². The number of hydrogen-bond acceptors (Lipinski definition) is 8. The van der Waals surface area contributed by atoms with Gasteiger partial charge in [-0.25, -0.2) is 33.7 Å². The van der Waals surface area contributed by atoms with Gasteiger partial charge in [0.25, 0.3) is 40.1 Å². The van der Waals surface area contributed by atoms with Gasteiger partial charge in [-0.1, -0.05) is 84.6 Å². The van der Waals surface area contributed by atoms with Gasteiger partial charge in [0.2, 0.25) is 0 Å². The fraction of sp³-hybridized carbons (Fsp3) is 0.273. The first-order valence-electron chi connectivity index (χ1n) is 14.8. The maximum Gasteiger partial charge on any atom is 0.256 e. The molecule has 4 aromatic rings. The Labute approximate surface area is 277 Å². The average molecular weight is 717 g/mol. The molecule has 5 rings (SSSR count). The molecule has 10 nitrogen and oxygen atoms in total. The quantitative estimate of drug-likeness (QED) is 0.215. The van der Waals surface area contributed by atoms with Crippen LogP contribution in [0.3, 0.4) is 0 Å². The number of nitrogens with zero attached hydrogens (tertiary/aromatic N) is 2. The van der Waals surface area contributed by atoms with E-state index in [1.54, 1.807) is 27.7 Å². The van der Waals surface area contributed by atoms with Gasteiger partial charge in [-0.3, -0.25) is 0 Å². The largest absolute Gasteiger partial charge is 0.256 e. The molecule has 1 saturated carbocycles. The molecule has 0 saturated heterocycles. The van der Waals surface area contributed by atoms with Gasteiger partial charge in [0.05, 0.1) is 31.7 Å². The highest BCUT2D eigenvalue weighted by atomic mass is 32.3. The summed E-state index contributed by atoms with van der Waals surface area (Å²) in [5.74, 6) is 0. The van der Waals surface area contributed by atoms with Crippen LogP contribution in [0.25, 0.3) is 0 Å². The van der Waals surface area contributed by atoms with E-state index in [2.05, 4.69) is 0 Å². The summed E-state index contributed by atoms with van der Waals surface area (Å²) < 4.78 is 116. The Morgan fingerprint density at radius 1 is 0.383 bits per heavy atom. The van der Waals surface area contributed by atoms with Gasteiger partial charge < -0.3 is 0 Å². The van der Waals surface area contributed by atoms with E-state index >= 15 is 0 Å². The highest BCUT2D eigenvalue weighted by molar-refractivity contribution is 8.04. The molecule has 1 aliphatic rings. The molecule has 250 valence electrons. The summed E-state index contributed by atoms with van der Waals surface area (Å²) >= 11 is 0. The van der Waals surface area contributed by atoms with Crippen LogP contribution in [0.5, 0.6) is 0 Å². The minimum Gasteiger partial charge on any atom is -0.206 e. The van der Waals surface area contributed by atoms with E-state index in [1.165, 1.54) is 97.1 Å². The predicted molar refractivity (Wildman–Crippen MR) is 179 cm³/mol. The lowest BCUT2D eigenvalue weighted by Gasteiger charge is -2.36. The van der Waals surface area contributed by atoms with Crippen LogP contribution in [-0.2, 0) is 40.1 Å². The van der Waals surface area contributed by atoms with E-state index in [1.807, 2.05) is 0 Å². The lowest BCUT2D eigenvalue weighted by Crippen LogP contribution is -2.55. The van der Waals surface area contributed by atoms with E-state index in [0.717, 1.165) is 22.3 Å². The van der Waals surface area contributed by atoms with Crippen LogP contribution in [0.2, 0.25) is 0 Å². The highest BCUT2D eigenvalue weighted by Crippen LogP contribution is 2.41. The van der Waals surface area contributed by atoms with Crippen LogP contribution in [-0.4, -0.2) is 53.2 Å². The van der Waals surface area contributed by atoms with Gasteiger partial charge in [-0.15, -0.1) is 0 Å². The first kappa shape index (κ1) is 34.9. The molecule has 0 amide bonds. The summed E-state index contributed by atoms with van der Waals surface area (Å²) in [5.41, 5.74) is 2.93. The van der Waals surface area contributed by atoms with Crippen LogP contribution < -0.4 is 0 Å². The summed E-state index contributed by atoms with van der Waals surface area (Å²) in [7, 11) is -19.5. The zero-order valence-corrected chi connectivity index (χ0v) is 29.6. The van der Waals surface area contributed by atoms with Gasteiger partial charge in [-0.2, -0.15) is 0 Å². The molecule has 0 heterocycles. The molecular weight excluding hydrogens is 681 g/mol. The summed E-state index contributed by atoms with van der Waals surface area (Å²) in [6, 6.07) is 19.1. The number of rotatable bonds is 10. The zero-order chi connectivity index (χ0) is 34.4. The molecule has 1 fully saturated rings. The van der Waals surface area contributed by atoms with E-state index in [9.17, 15) is 33.7 Å². The van der Waals surface area contributed by atoms with Gasteiger partial charge >= 0.3 is 0 Å². The third-order valence-corrected chi connectivity index (χ3v) is 17.0. The van der Waals surface area contributed by atoms with Crippen LogP contribution in [0.4, 0.5) is 0 Å². The maximum absolute atomic E-state index is 14.4. The average Bonchev–Trinajstić information content (AvgIpc) is 3.45. The van der Waals surface area contributed by atoms with Crippen molar-refractivity contribution in [3.05, 3.63) is 119 Å². The third kappa shape index (κ3) is 6.67. The minimum atomic E-state index is -4.89. The second kappa shape index (κ2) is 12.9. The van der Waals surface area contributed by atoms with E-state index < -0.39 is 52.2 Å². The van der Waals surface area contributed by atoms with Gasteiger partial charge in [0, 0.05) is 0 Å². The van der Waals surface area contributed by atoms with Crippen molar-refractivity contribution in [1.82, 2.24) is 7.42 Å². The second-order valence-electron chi connectivity index (χ2n) is 11.8. The van der Waals surface area contributed by atoms with Crippen LogP contribution in [0, 0.1) is 27.7 Å². The molecule has 0 aliphatic heterocycles. The number of aryl methyl sites for hydroxylation is 4. The smallest absolute Gasteiger partial charge is 0.206 e. The lowest BCUT2D eigenvalue weighted by molar-refractivity contribution is 0.323. The first-order chi connectivity index (χ1) is 22.0. The Morgan fingerprint density at radius 2 is 0.574 bits per heavy atom. The van der Waals surface area contributed by atoms with Crippen molar-refractivity contribution in [2.45, 2.75) is 78.6 Å². The Hall–Kier alpha value is -3.40. The predicted octanol–water partition coefficient (Wildman–Crippen LogP) is 5.30. The lowest BCUT2D eigenvalue weighted by atomic mass is 10.2. The SMILES string of the molecule is Cc1ccc(S(=O)(=O)N(C2CCCC2N(S(=O)(=O)c2ccc(C)cc2)S(=O)(=O)c2ccc(C)cc2)S(=O)(=O)c2ccc(C)cc2)cc1. The highest BCUT2D eigenvalue weighted by Gasteiger charge is 2.54. The number of hydrogen-bond donors (Lipinski definition) is 0. The van der Waals surface area contributed by atoms with Crippen LogP contribution >= 0.6 is 0 Å². The summed E-state index contributed by atoms with van der Waals surface area (Å²) in [4.78, 5) is -1.34. The Bertz CT molecular complexity index is 1890. The molecule has 0 bridgehead atoms. The first-order valence-corrected chi connectivity index (χ1v) is 20.6. The number of benzene rings is 4. The van der Waals surface area contributed by atoms with Gasteiger partial charge in [0.1, 0.15) is 0 Å². The standard InChI is InChI=1S/C33H36N2O8S4/c1-24-8-16-28(17-9-24)44(36,37)34(45(38,39)29-18-10-25(2)11-19-29)32-6-5-7-33(32)35(46(40,41)30-20-12-26(3)13-21-30)47(42,43)31-22-14-27(4)15-23-31/h8-23,32-33H,5-7H2,1-4H3. The molecule has 14 heteroatoms. The van der Waals surface area contributed by atoms with Crippen molar-refractivity contribution in [2.24, 2.45) is 0 Å². The zero-order valence-electron chi connectivity index (χ0n) is 26.3. The van der Waals surface area contributed by atoms with Crippen molar-refractivity contribution in [3.63, 3.8) is 0 Å². The Morgan fingerprint density at radius 3 is 0.766 bits per heavy atom. The molecule has 0 spiro atoms. The molecule has 0 radical (unpaired) electrons. The summed E-state index contributed by atoms with van der Waals surface area (Å²) in [5, 5.41) is 0. The van der Waals surface area contributed by atoms with Crippen LogP contribution in [0.1, 0.15) is 41.5 Å². The van der Waals surface area contributed by atoms with Crippen molar-refractivity contribution < 1.29 is 33.7 Å². The summed E-state index contributed by atoms with van der Waals surface area (Å²) in [6.07, 6.45) is -0.0869. The third-order valence-electron chi connectivity index (χ3n) is 8.21. The molecule has 2 atom stereocenters. The Kier molecular flexibility index (Phi) is 9.58. The summed E-state index contributed by atoms with van der Waals surface area (Å²) in [6.45, 7) is 6.98. The van der Waals surface area contributed by atoms with E-state index in [4.69, 9.17) is 0 Å².